The molecule has 6 heteroatoms. The molecule has 0 saturated carbocycles. The van der Waals surface area contributed by atoms with Gasteiger partial charge in [0.1, 0.15) is 12.9 Å². The molecular weight excluding hydrogens is 344 g/mol. The van der Waals surface area contributed by atoms with Crippen LogP contribution in [0.2, 0.25) is 0 Å². The first-order chi connectivity index (χ1) is 12.9. The lowest BCUT2D eigenvalue weighted by atomic mass is 10.0. The number of benzene rings is 1. The molecule has 2 rings (SSSR count). The molecule has 0 saturated heterocycles. The van der Waals surface area contributed by atoms with Crippen molar-refractivity contribution in [1.29, 1.82) is 0 Å². The highest BCUT2D eigenvalue weighted by atomic mass is 16.6. The second-order valence-electron chi connectivity index (χ2n) is 5.89. The Bertz CT molecular complexity index is 901. The van der Waals surface area contributed by atoms with E-state index in [1.54, 1.807) is 19.1 Å². The maximum absolute atomic E-state index is 12.1. The summed E-state index contributed by atoms with van der Waals surface area (Å²) >= 11 is 0. The van der Waals surface area contributed by atoms with Crippen LogP contribution >= 0.6 is 0 Å². The minimum Gasteiger partial charge on any atom is -0.465 e. The summed E-state index contributed by atoms with van der Waals surface area (Å²) in [5, 5.41) is 3.96. The number of allylic oxidation sites excluding steroid dienone is 1. The molecule has 0 radical (unpaired) electrons. The van der Waals surface area contributed by atoms with E-state index in [2.05, 4.69) is 10.1 Å². The van der Waals surface area contributed by atoms with E-state index < -0.39 is 5.97 Å². The number of aryl methyl sites for hydroxylation is 2. The fraction of sp³-hybridized carbons (Fsp3) is 0.286. The summed E-state index contributed by atoms with van der Waals surface area (Å²) in [5.74, 6) is 0.575. The van der Waals surface area contributed by atoms with Crippen LogP contribution in [0.4, 0.5) is 0 Å². The third kappa shape index (κ3) is 4.53. The topological polar surface area (TPSA) is 70.0 Å². The highest BCUT2D eigenvalue weighted by Gasteiger charge is 2.18. The van der Waals surface area contributed by atoms with E-state index in [1.165, 1.54) is 14.2 Å². The summed E-state index contributed by atoms with van der Waals surface area (Å²) in [4.78, 5) is 21.5. The normalized spacial score (nSPS) is 11.9. The van der Waals surface area contributed by atoms with Gasteiger partial charge < -0.3 is 14.3 Å². The summed E-state index contributed by atoms with van der Waals surface area (Å²) in [6, 6.07) is 9.25. The predicted molar refractivity (Wildman–Crippen MR) is 105 cm³/mol. The van der Waals surface area contributed by atoms with Gasteiger partial charge in [0.05, 0.1) is 24.1 Å². The van der Waals surface area contributed by atoms with Crippen molar-refractivity contribution in [2.24, 2.45) is 5.16 Å². The van der Waals surface area contributed by atoms with Crippen molar-refractivity contribution in [2.45, 2.75) is 27.7 Å². The number of para-hydroxylation sites is 1. The van der Waals surface area contributed by atoms with Crippen LogP contribution in [0, 0.1) is 13.8 Å². The van der Waals surface area contributed by atoms with Crippen molar-refractivity contribution in [1.82, 2.24) is 4.98 Å². The van der Waals surface area contributed by atoms with E-state index in [0.29, 0.717) is 22.8 Å². The number of aromatic nitrogens is 1. The molecular formula is C21H24N2O4. The van der Waals surface area contributed by atoms with Crippen molar-refractivity contribution >= 4 is 17.3 Å². The number of pyridine rings is 1. The lowest BCUT2D eigenvalue weighted by molar-refractivity contribution is -0.133. The number of oxime groups is 1. The van der Waals surface area contributed by atoms with E-state index in [4.69, 9.17) is 14.3 Å². The van der Waals surface area contributed by atoms with Crippen molar-refractivity contribution in [3.63, 3.8) is 0 Å². The Morgan fingerprint density at radius 1 is 1.15 bits per heavy atom. The molecule has 1 aromatic heterocycles. The highest BCUT2D eigenvalue weighted by molar-refractivity contribution is 6.17. The molecule has 0 spiro atoms. The van der Waals surface area contributed by atoms with Gasteiger partial charge in [0, 0.05) is 16.7 Å². The summed E-state index contributed by atoms with van der Waals surface area (Å²) < 4.78 is 10.9. The Morgan fingerprint density at radius 2 is 1.85 bits per heavy atom. The van der Waals surface area contributed by atoms with Gasteiger partial charge in [-0.05, 0) is 39.8 Å². The lowest BCUT2D eigenvalue weighted by Gasteiger charge is -2.15. The van der Waals surface area contributed by atoms with Crippen LogP contribution < -0.4 is 4.74 Å². The van der Waals surface area contributed by atoms with E-state index in [0.717, 1.165) is 22.5 Å². The molecule has 0 aliphatic rings. The van der Waals surface area contributed by atoms with Gasteiger partial charge in [-0.15, -0.1) is 0 Å². The quantitative estimate of drug-likeness (QED) is 0.326. The molecule has 0 unspecified atom stereocenters. The third-order valence-corrected chi connectivity index (χ3v) is 4.05. The van der Waals surface area contributed by atoms with Crippen molar-refractivity contribution in [3.8, 4) is 11.6 Å². The smallest absolute Gasteiger partial charge is 0.338 e. The van der Waals surface area contributed by atoms with Gasteiger partial charge in [-0.25, -0.2) is 9.78 Å². The van der Waals surface area contributed by atoms with Gasteiger partial charge in [-0.2, -0.15) is 0 Å². The standard InChI is InChI=1S/C21H24N2O4/c1-7-16(21(24)25-5)17-10-8-9-11-19(17)27-20-13(2)12-18(14(3)22-20)15(4)23-26-6/h7-12H,1-6H3/b16-7-,23-15-. The van der Waals surface area contributed by atoms with Crippen LogP contribution in [0.15, 0.2) is 41.6 Å². The second kappa shape index (κ2) is 8.98. The predicted octanol–water partition coefficient (Wildman–Crippen LogP) is 4.44. The molecule has 6 nitrogen and oxygen atoms in total. The van der Waals surface area contributed by atoms with Crippen LogP contribution in [-0.4, -0.2) is 30.9 Å². The maximum atomic E-state index is 12.1. The van der Waals surface area contributed by atoms with Crippen molar-refractivity contribution in [3.05, 3.63) is 58.8 Å². The second-order valence-corrected chi connectivity index (χ2v) is 5.89. The van der Waals surface area contributed by atoms with Crippen LogP contribution in [0.5, 0.6) is 11.6 Å². The number of carbonyl (C=O) groups is 1. The molecule has 2 aromatic rings. The molecule has 1 aromatic carbocycles. The van der Waals surface area contributed by atoms with E-state index >= 15 is 0 Å². The van der Waals surface area contributed by atoms with Gasteiger partial charge in [0.2, 0.25) is 5.88 Å². The molecule has 0 bridgehead atoms. The fourth-order valence-electron chi connectivity index (χ4n) is 2.71. The number of rotatable bonds is 6. The number of nitrogens with zero attached hydrogens (tertiary/aromatic N) is 2. The Kier molecular flexibility index (Phi) is 6.71. The SMILES string of the molecule is C/C=C(\C(=O)OC)c1ccccc1Oc1nc(C)c(/C(C)=N\OC)cc1C. The fourth-order valence-corrected chi connectivity index (χ4v) is 2.71. The third-order valence-electron chi connectivity index (χ3n) is 4.05. The summed E-state index contributed by atoms with van der Waals surface area (Å²) in [5.41, 5.74) is 4.31. The molecule has 27 heavy (non-hydrogen) atoms. The van der Waals surface area contributed by atoms with Gasteiger partial charge in [-0.3, -0.25) is 0 Å². The zero-order chi connectivity index (χ0) is 20.0. The van der Waals surface area contributed by atoms with Crippen LogP contribution in [0.25, 0.3) is 5.57 Å². The first-order valence-corrected chi connectivity index (χ1v) is 8.51. The molecule has 0 aliphatic carbocycles. The van der Waals surface area contributed by atoms with E-state index in [-0.39, 0.29) is 0 Å². The van der Waals surface area contributed by atoms with Crippen molar-refractivity contribution in [2.75, 3.05) is 14.2 Å². The minimum absolute atomic E-state index is 0.420. The van der Waals surface area contributed by atoms with Gasteiger partial charge in [-0.1, -0.05) is 29.4 Å². The Hall–Kier alpha value is -3.15. The first-order valence-electron chi connectivity index (χ1n) is 8.51. The van der Waals surface area contributed by atoms with Crippen molar-refractivity contribution < 1.29 is 19.1 Å². The molecule has 142 valence electrons. The van der Waals surface area contributed by atoms with E-state index in [1.807, 2.05) is 45.0 Å². The zero-order valence-electron chi connectivity index (χ0n) is 16.5. The maximum Gasteiger partial charge on any atom is 0.338 e. The summed E-state index contributed by atoms with van der Waals surface area (Å²) in [6.07, 6.45) is 1.70. The van der Waals surface area contributed by atoms with Crippen LogP contribution in [0.3, 0.4) is 0 Å². The summed E-state index contributed by atoms with van der Waals surface area (Å²) in [7, 11) is 2.86. The molecule has 0 aliphatic heterocycles. The number of hydrogen-bond donors (Lipinski definition) is 0. The molecule has 0 atom stereocenters. The molecule has 0 N–H and O–H groups in total. The number of carbonyl (C=O) groups excluding carboxylic acids is 1. The van der Waals surface area contributed by atoms with Gasteiger partial charge in [0.25, 0.3) is 0 Å². The Morgan fingerprint density at radius 3 is 2.48 bits per heavy atom. The van der Waals surface area contributed by atoms with Crippen LogP contribution in [0.1, 0.15) is 36.2 Å². The number of esters is 1. The monoisotopic (exact) mass is 368 g/mol. The van der Waals surface area contributed by atoms with Crippen LogP contribution in [-0.2, 0) is 14.4 Å². The van der Waals surface area contributed by atoms with Gasteiger partial charge in [0.15, 0.2) is 0 Å². The molecule has 0 fully saturated rings. The minimum atomic E-state index is -0.420. The number of ether oxygens (including phenoxy) is 2. The lowest BCUT2D eigenvalue weighted by Crippen LogP contribution is -2.06. The van der Waals surface area contributed by atoms with E-state index in [9.17, 15) is 4.79 Å². The average molecular weight is 368 g/mol. The number of methoxy groups -OCH3 is 1. The Balaban J connectivity index is 2.46. The average Bonchev–Trinajstić information content (AvgIpc) is 2.66. The van der Waals surface area contributed by atoms with Gasteiger partial charge >= 0.3 is 5.97 Å². The number of hydrogen-bond acceptors (Lipinski definition) is 6. The zero-order valence-corrected chi connectivity index (χ0v) is 16.5. The summed E-state index contributed by atoms with van der Waals surface area (Å²) in [6.45, 7) is 7.43. The molecule has 0 amide bonds. The largest absolute Gasteiger partial charge is 0.465 e. The Labute approximate surface area is 159 Å². The molecule has 1 heterocycles. The highest BCUT2D eigenvalue weighted by Crippen LogP contribution is 2.32. The first kappa shape index (κ1) is 20.2.